The van der Waals surface area contributed by atoms with Crippen molar-refractivity contribution in [3.63, 3.8) is 0 Å². The molecule has 15 heavy (non-hydrogen) atoms. The number of rotatable bonds is 4. The Hall–Kier alpha value is -0.940. The van der Waals surface area contributed by atoms with Crippen molar-refractivity contribution in [2.24, 2.45) is 0 Å². The molecular weight excluding hydrogens is 194 g/mol. The summed E-state index contributed by atoms with van der Waals surface area (Å²) >= 11 is 0. The molecule has 5 nitrogen and oxygen atoms in total. The minimum atomic E-state index is -0.429. The topological polar surface area (TPSA) is 60.2 Å². The Balaban J connectivity index is 2.08. The molecular formula is C10H17N3O2. The van der Waals surface area contributed by atoms with Gasteiger partial charge >= 0.3 is 0 Å². The lowest BCUT2D eigenvalue weighted by molar-refractivity contribution is 0.0744. The van der Waals surface area contributed by atoms with E-state index in [-0.39, 0.29) is 0 Å². The van der Waals surface area contributed by atoms with Gasteiger partial charge in [0.1, 0.15) is 17.9 Å². The number of methoxy groups -OCH3 is 1. The minimum Gasteiger partial charge on any atom is -0.385 e. The van der Waals surface area contributed by atoms with Crippen LogP contribution in [0.15, 0.2) is 0 Å². The second kappa shape index (κ2) is 4.72. The first-order valence-electron chi connectivity index (χ1n) is 5.42. The van der Waals surface area contributed by atoms with Gasteiger partial charge in [0.05, 0.1) is 0 Å². The van der Waals surface area contributed by atoms with Crippen LogP contribution in [0.3, 0.4) is 0 Å². The highest BCUT2D eigenvalue weighted by Crippen LogP contribution is 2.23. The van der Waals surface area contributed by atoms with Crippen LogP contribution in [0.4, 0.5) is 0 Å². The quantitative estimate of drug-likeness (QED) is 0.744. The van der Waals surface area contributed by atoms with Crippen LogP contribution in [0.1, 0.15) is 37.1 Å². The number of hydrogen-bond donors (Lipinski definition) is 1. The predicted molar refractivity (Wildman–Crippen MR) is 54.4 cm³/mol. The van der Waals surface area contributed by atoms with Crippen molar-refractivity contribution in [1.82, 2.24) is 14.8 Å². The molecule has 0 spiro atoms. The van der Waals surface area contributed by atoms with E-state index in [4.69, 9.17) is 4.74 Å². The van der Waals surface area contributed by atoms with Crippen LogP contribution < -0.4 is 0 Å². The van der Waals surface area contributed by atoms with Gasteiger partial charge in [-0.15, -0.1) is 10.2 Å². The molecule has 1 aromatic rings. The van der Waals surface area contributed by atoms with Crippen LogP contribution in [0.25, 0.3) is 0 Å². The lowest BCUT2D eigenvalue weighted by atomic mass is 10.1. The number of aromatic nitrogens is 3. The van der Waals surface area contributed by atoms with E-state index in [1.165, 1.54) is 0 Å². The fourth-order valence-corrected chi connectivity index (χ4v) is 1.99. The van der Waals surface area contributed by atoms with Gasteiger partial charge < -0.3 is 9.84 Å². The highest BCUT2D eigenvalue weighted by Gasteiger charge is 2.22. The fourth-order valence-electron chi connectivity index (χ4n) is 1.99. The summed E-state index contributed by atoms with van der Waals surface area (Å²) in [7, 11) is 1.69. The molecule has 0 aliphatic carbocycles. The molecule has 84 valence electrons. The molecule has 1 N–H and O–H groups in total. The number of aliphatic hydroxyl groups is 1. The zero-order valence-electron chi connectivity index (χ0n) is 9.02. The number of hydrogen-bond acceptors (Lipinski definition) is 4. The van der Waals surface area contributed by atoms with E-state index in [0.717, 1.165) is 50.4 Å². The molecule has 0 aromatic carbocycles. The highest BCUT2D eigenvalue weighted by atomic mass is 16.5. The Labute approximate surface area is 89.1 Å². The van der Waals surface area contributed by atoms with Gasteiger partial charge in [0.2, 0.25) is 0 Å². The third kappa shape index (κ3) is 2.18. The largest absolute Gasteiger partial charge is 0.385 e. The van der Waals surface area contributed by atoms with Crippen molar-refractivity contribution in [2.45, 2.75) is 38.3 Å². The van der Waals surface area contributed by atoms with Crippen LogP contribution >= 0.6 is 0 Å². The molecule has 0 saturated heterocycles. The van der Waals surface area contributed by atoms with Crippen molar-refractivity contribution in [3.05, 3.63) is 11.6 Å². The molecule has 0 radical (unpaired) electrons. The molecule has 0 saturated carbocycles. The lowest BCUT2D eigenvalue weighted by Gasteiger charge is -2.21. The van der Waals surface area contributed by atoms with E-state index in [9.17, 15) is 5.11 Å². The lowest BCUT2D eigenvalue weighted by Crippen LogP contribution is -2.19. The summed E-state index contributed by atoms with van der Waals surface area (Å²) < 4.78 is 6.87. The smallest absolute Gasteiger partial charge is 0.135 e. The first-order valence-corrected chi connectivity index (χ1v) is 5.42. The number of nitrogens with zero attached hydrogens (tertiary/aromatic N) is 3. The van der Waals surface area contributed by atoms with E-state index >= 15 is 0 Å². The zero-order chi connectivity index (χ0) is 10.7. The van der Waals surface area contributed by atoms with Crippen LogP contribution in [-0.4, -0.2) is 33.6 Å². The minimum absolute atomic E-state index is 0.429. The van der Waals surface area contributed by atoms with Crippen LogP contribution in [-0.2, 0) is 17.6 Å². The van der Waals surface area contributed by atoms with Gasteiger partial charge in [-0.3, -0.25) is 4.57 Å². The molecule has 2 rings (SSSR count). The maximum atomic E-state index is 9.84. The number of fused-ring (bicyclic) bond motifs is 1. The molecule has 0 fully saturated rings. The summed E-state index contributed by atoms with van der Waals surface area (Å²) in [5.74, 6) is 1.80. The maximum Gasteiger partial charge on any atom is 0.135 e. The van der Waals surface area contributed by atoms with Gasteiger partial charge in [-0.1, -0.05) is 0 Å². The number of aryl methyl sites for hydroxylation is 2. The van der Waals surface area contributed by atoms with E-state index in [1.54, 1.807) is 7.11 Å². The van der Waals surface area contributed by atoms with Crippen LogP contribution in [0, 0.1) is 0 Å². The third-order valence-electron chi connectivity index (χ3n) is 2.75. The number of ether oxygens (including phenoxy) is 1. The van der Waals surface area contributed by atoms with Crippen molar-refractivity contribution in [1.29, 1.82) is 0 Å². The number of aliphatic hydroxyl groups excluding tert-OH is 1. The van der Waals surface area contributed by atoms with Crippen LogP contribution in [0.5, 0.6) is 0 Å². The predicted octanol–water partition coefficient (Wildman–Crippen LogP) is 0.684. The summed E-state index contributed by atoms with van der Waals surface area (Å²) in [6, 6.07) is 0. The van der Waals surface area contributed by atoms with Crippen molar-refractivity contribution in [3.8, 4) is 0 Å². The molecule has 1 aromatic heterocycles. The van der Waals surface area contributed by atoms with Gasteiger partial charge in [0, 0.05) is 26.6 Å². The van der Waals surface area contributed by atoms with Gasteiger partial charge in [-0.25, -0.2) is 0 Å². The van der Waals surface area contributed by atoms with Gasteiger partial charge in [-0.2, -0.15) is 0 Å². The molecule has 1 aliphatic heterocycles. The first kappa shape index (κ1) is 10.6. The van der Waals surface area contributed by atoms with E-state index in [2.05, 4.69) is 10.2 Å². The third-order valence-corrected chi connectivity index (χ3v) is 2.75. The molecule has 1 atom stereocenters. The average molecular weight is 211 g/mol. The molecule has 5 heteroatoms. The second-order valence-electron chi connectivity index (χ2n) is 3.87. The fraction of sp³-hybridized carbons (Fsp3) is 0.800. The molecule has 0 amide bonds. The van der Waals surface area contributed by atoms with E-state index in [1.807, 2.05) is 4.57 Å². The summed E-state index contributed by atoms with van der Waals surface area (Å²) in [4.78, 5) is 0. The van der Waals surface area contributed by atoms with Gasteiger partial charge in [0.25, 0.3) is 0 Å². The Morgan fingerprint density at radius 2 is 2.40 bits per heavy atom. The Morgan fingerprint density at radius 3 is 3.20 bits per heavy atom. The van der Waals surface area contributed by atoms with E-state index in [0.29, 0.717) is 0 Å². The summed E-state index contributed by atoms with van der Waals surface area (Å²) in [5, 5.41) is 18.1. The first-order chi connectivity index (χ1) is 7.33. The Morgan fingerprint density at radius 1 is 1.53 bits per heavy atom. The van der Waals surface area contributed by atoms with E-state index < -0.39 is 6.23 Å². The SMILES string of the molecule is COCCCc1nnc2n1C(O)CCC2. The molecule has 1 unspecified atom stereocenters. The normalized spacial score (nSPS) is 20.3. The van der Waals surface area contributed by atoms with Gasteiger partial charge in [0.15, 0.2) is 0 Å². The van der Waals surface area contributed by atoms with Crippen molar-refractivity contribution < 1.29 is 9.84 Å². The highest BCUT2D eigenvalue weighted by molar-refractivity contribution is 5.00. The summed E-state index contributed by atoms with van der Waals surface area (Å²) in [5.41, 5.74) is 0. The van der Waals surface area contributed by atoms with Crippen LogP contribution in [0.2, 0.25) is 0 Å². The molecule has 1 aliphatic rings. The maximum absolute atomic E-state index is 9.84. The second-order valence-corrected chi connectivity index (χ2v) is 3.87. The monoisotopic (exact) mass is 211 g/mol. The Kier molecular flexibility index (Phi) is 3.33. The molecule has 0 bridgehead atoms. The molecule has 2 heterocycles. The average Bonchev–Trinajstić information content (AvgIpc) is 2.63. The Bertz CT molecular complexity index is 324. The van der Waals surface area contributed by atoms with Gasteiger partial charge in [-0.05, 0) is 19.3 Å². The zero-order valence-corrected chi connectivity index (χ0v) is 9.02. The van der Waals surface area contributed by atoms with Crippen molar-refractivity contribution >= 4 is 0 Å². The van der Waals surface area contributed by atoms with Crippen molar-refractivity contribution in [2.75, 3.05) is 13.7 Å². The standard InChI is InChI=1S/C10H17N3O2/c1-15-7-3-5-9-12-11-8-4-2-6-10(14)13(8)9/h10,14H,2-7H2,1H3. The summed E-state index contributed by atoms with van der Waals surface area (Å²) in [6.45, 7) is 0.721. The summed E-state index contributed by atoms with van der Waals surface area (Å²) in [6.07, 6.45) is 4.04.